The molecule has 10 saturated heterocycles. The summed E-state index contributed by atoms with van der Waals surface area (Å²) in [6.07, 6.45) is 7.15. The van der Waals surface area contributed by atoms with Crippen LogP contribution in [-0.4, -0.2) is 0 Å². The Morgan fingerprint density at radius 1 is 0.867 bits per heavy atom. The zero-order chi connectivity index (χ0) is 9.13. The standard InChI is InChI=1S/C9H9.C5H5.Fe/c1-2-3-6-9-7-4-5-8-9;1-2-4-5-3-1;/h2-8H,1H2;1-5H;. The van der Waals surface area contributed by atoms with Gasteiger partial charge in [0.1, 0.15) is 0 Å². The van der Waals surface area contributed by atoms with Gasteiger partial charge in [-0.05, 0) is 0 Å². The van der Waals surface area contributed by atoms with Gasteiger partial charge in [0, 0.05) is 0 Å². The maximum absolute atomic E-state index is 3.90. The third-order valence-electron chi connectivity index (χ3n) is 15.3. The summed E-state index contributed by atoms with van der Waals surface area (Å²) in [6.45, 7) is 1.20. The molecule has 0 aromatic heterocycles. The van der Waals surface area contributed by atoms with E-state index in [-0.39, 0.29) is 0 Å². The zero-order valence-corrected chi connectivity index (χ0v) is 9.59. The minimum atomic E-state index is -2.70. The monoisotopic (exact) mass is 238 g/mol. The number of fused-ring (bicyclic) bond motifs is 10. The summed E-state index contributed by atoms with van der Waals surface area (Å²) in [5.41, 5.74) is 0. The predicted molar refractivity (Wildman–Crippen MR) is 55.8 cm³/mol. The van der Waals surface area contributed by atoms with E-state index in [0.29, 0.717) is 0 Å². The second-order valence-electron chi connectivity index (χ2n) is 10.3. The van der Waals surface area contributed by atoms with E-state index in [1.807, 2.05) is 6.08 Å². The van der Waals surface area contributed by atoms with Gasteiger partial charge in [-0.25, -0.2) is 0 Å². The van der Waals surface area contributed by atoms with E-state index in [0.717, 1.165) is 4.31 Å². The minimum absolute atomic E-state index is 0.993. The van der Waals surface area contributed by atoms with Crippen LogP contribution in [0.5, 0.6) is 0 Å². The van der Waals surface area contributed by atoms with Crippen molar-refractivity contribution in [3.63, 3.8) is 0 Å². The Balaban J connectivity index is 1.77. The Kier molecular flexibility index (Phi) is 0.123. The Morgan fingerprint density at radius 2 is 1.40 bits per heavy atom. The van der Waals surface area contributed by atoms with Crippen molar-refractivity contribution < 1.29 is 6.51 Å². The summed E-state index contributed by atoms with van der Waals surface area (Å²) in [4.78, 5) is 13.2. The molecule has 4 unspecified atom stereocenters. The van der Waals surface area contributed by atoms with Gasteiger partial charge < -0.3 is 0 Å². The van der Waals surface area contributed by atoms with Gasteiger partial charge in [-0.1, -0.05) is 0 Å². The number of rotatable bonds is 2. The molecule has 0 aromatic rings. The van der Waals surface area contributed by atoms with Crippen LogP contribution < -0.4 is 0 Å². The van der Waals surface area contributed by atoms with Crippen LogP contribution in [-0.2, 0) is 6.51 Å². The number of allylic oxidation sites excluding steroid dienone is 3. The Bertz CT molecular complexity index is 869. The van der Waals surface area contributed by atoms with Gasteiger partial charge in [0.2, 0.25) is 0 Å². The maximum atomic E-state index is 3.90. The molecular weight excluding hydrogens is 224 g/mol. The normalized spacial score (nSPS) is 134. The fourth-order valence-corrected chi connectivity index (χ4v) is 90.8. The van der Waals surface area contributed by atoms with E-state index in [4.69, 9.17) is 0 Å². The second-order valence-corrected chi connectivity index (χ2v) is 33.9. The first-order valence-corrected chi connectivity index (χ1v) is 12.9. The molecule has 10 aliphatic rings. The van der Waals surface area contributed by atoms with Gasteiger partial charge in [0.05, 0.1) is 0 Å². The van der Waals surface area contributed by atoms with Crippen LogP contribution in [0, 0.1) is 0 Å². The van der Waals surface area contributed by atoms with Crippen LogP contribution in [0.25, 0.3) is 0 Å². The van der Waals surface area contributed by atoms with Gasteiger partial charge in [0.15, 0.2) is 0 Å². The molecule has 0 aromatic carbocycles. The van der Waals surface area contributed by atoms with Crippen LogP contribution in [0.4, 0.5) is 0 Å². The van der Waals surface area contributed by atoms with Gasteiger partial charge in [-0.3, -0.25) is 0 Å². The topological polar surface area (TPSA) is 0 Å². The van der Waals surface area contributed by atoms with Crippen molar-refractivity contribution in [3.05, 3.63) is 24.8 Å². The van der Waals surface area contributed by atoms with Crippen LogP contribution in [0.1, 0.15) is 0 Å². The van der Waals surface area contributed by atoms with E-state index < -0.39 is 6.51 Å². The molecule has 0 aliphatic carbocycles. The van der Waals surface area contributed by atoms with Crippen molar-refractivity contribution >= 4 is 0 Å². The molecule has 10 rings (SSSR count). The van der Waals surface area contributed by atoms with E-state index in [2.05, 4.69) is 18.7 Å². The third kappa shape index (κ3) is 0.0424. The molecule has 10 fully saturated rings. The molecule has 10 heterocycles. The fraction of sp³-hybridized carbons (Fsp3) is 0.714. The average molecular weight is 238 g/mol. The Labute approximate surface area is 79.1 Å². The van der Waals surface area contributed by atoms with Gasteiger partial charge in [0.25, 0.3) is 0 Å². The molecule has 0 bridgehead atoms. The summed E-state index contributed by atoms with van der Waals surface area (Å²) < 4.78 is 0.993. The van der Waals surface area contributed by atoms with Crippen LogP contribution in [0.15, 0.2) is 24.8 Å². The SMILES string of the molecule is C=CC=C[C]12[CH]3[CH]4[CH]5[CH]1[Fe]45321678[CH]2[CH]1[CH]6[CH]7[CH]28. The first-order chi connectivity index (χ1) is 7.11. The van der Waals surface area contributed by atoms with Gasteiger partial charge >= 0.3 is 79.0 Å². The quantitative estimate of drug-likeness (QED) is 0.491. The molecule has 0 saturated carbocycles. The molecular formula is C14H14Fe. The van der Waals surface area contributed by atoms with E-state index >= 15 is 0 Å². The molecule has 0 radical (unpaired) electrons. The summed E-state index contributed by atoms with van der Waals surface area (Å²) >= 11 is 0. The molecule has 1 heteroatoms. The predicted octanol–water partition coefficient (Wildman–Crippen LogP) is 4.49. The van der Waals surface area contributed by atoms with Crippen molar-refractivity contribution in [1.29, 1.82) is 0 Å². The van der Waals surface area contributed by atoms with Crippen molar-refractivity contribution in [3.8, 4) is 0 Å². The molecule has 78 valence electrons. The average Bonchev–Trinajstić information content (AvgIpc) is 3.18. The van der Waals surface area contributed by atoms with Crippen LogP contribution in [0.3, 0.4) is 0 Å². The van der Waals surface area contributed by atoms with Gasteiger partial charge in [-0.15, -0.1) is 0 Å². The Hall–Kier alpha value is -0.000519. The van der Waals surface area contributed by atoms with E-state index in [1.54, 1.807) is 0 Å². The fourth-order valence-electron chi connectivity index (χ4n) is 17.0. The van der Waals surface area contributed by atoms with E-state index in [1.165, 1.54) is 43.3 Å². The van der Waals surface area contributed by atoms with Crippen LogP contribution >= 0.6 is 0 Å². The molecule has 15 heavy (non-hydrogen) atoms. The first-order valence-electron chi connectivity index (χ1n) is 6.62. The van der Waals surface area contributed by atoms with E-state index in [9.17, 15) is 0 Å². The van der Waals surface area contributed by atoms with Crippen molar-refractivity contribution in [2.75, 3.05) is 0 Å². The third-order valence-corrected chi connectivity index (χ3v) is 57.8. The Morgan fingerprint density at radius 3 is 1.67 bits per heavy atom. The first kappa shape index (κ1) is 5.10. The van der Waals surface area contributed by atoms with Crippen molar-refractivity contribution in [2.45, 2.75) is 47.7 Å². The van der Waals surface area contributed by atoms with Crippen molar-refractivity contribution in [2.24, 2.45) is 0 Å². The van der Waals surface area contributed by atoms with Crippen molar-refractivity contribution in [1.82, 2.24) is 0 Å². The molecule has 0 N–H and O–H groups in total. The molecule has 4 atom stereocenters. The molecule has 10 aliphatic heterocycles. The zero-order valence-electron chi connectivity index (χ0n) is 8.49. The number of hydrogen-bond donors (Lipinski definition) is 0. The summed E-state index contributed by atoms with van der Waals surface area (Å²) in [7, 11) is 0. The summed E-state index contributed by atoms with van der Waals surface area (Å²) in [6, 6.07) is 0. The summed E-state index contributed by atoms with van der Waals surface area (Å²) in [5.74, 6) is 0. The molecule has 1 spiro atoms. The molecule has 0 nitrogen and oxygen atoms in total. The van der Waals surface area contributed by atoms with Gasteiger partial charge in [-0.2, -0.15) is 0 Å². The summed E-state index contributed by atoms with van der Waals surface area (Å²) in [5, 5.41) is 0. The molecule has 0 amide bonds. The van der Waals surface area contributed by atoms with Crippen LogP contribution in [0.2, 0.25) is 47.7 Å². The second kappa shape index (κ2) is 0.361. The number of hydrogen-bond acceptors (Lipinski definition) is 0.